The SMILES string of the molecule is CN1/C(=C/C=C/C2=[N+](CCSc3ccccc3)c3ccc([N+](=O)[O-])cc3C2(C)C)C2(CCCCC2)c2ccccc21. The normalized spacial score (nSPS) is 19.8. The van der Waals surface area contributed by atoms with Crippen molar-refractivity contribution < 1.29 is 9.50 Å². The Bertz CT molecular complexity index is 1570. The minimum absolute atomic E-state index is 0.0827. The summed E-state index contributed by atoms with van der Waals surface area (Å²) in [6.45, 7) is 5.19. The van der Waals surface area contributed by atoms with E-state index in [-0.39, 0.29) is 21.4 Å². The standard InChI is InChI=1S/C35H38N3O2S/c1-34(2)29-25-26(38(39)40)19-20-31(29)37(23-24-41-27-13-6-4-7-14-27)32(34)17-12-18-33-35(21-10-5-11-22-35)28-15-8-9-16-30(28)36(33)3/h4,6-9,12-20,25H,5,10-11,21-24H2,1-3H3/q+1. The van der Waals surface area contributed by atoms with Crippen LogP contribution in [0.25, 0.3) is 0 Å². The number of hydrogen-bond acceptors (Lipinski definition) is 4. The molecular formula is C35H38N3O2S+. The molecule has 0 radical (unpaired) electrons. The third-order valence-corrected chi connectivity index (χ3v) is 10.3. The fourth-order valence-electron chi connectivity index (χ4n) is 7.23. The zero-order valence-electron chi connectivity index (χ0n) is 24.2. The highest BCUT2D eigenvalue weighted by atomic mass is 32.2. The number of allylic oxidation sites excluding steroid dienone is 4. The van der Waals surface area contributed by atoms with Gasteiger partial charge in [0, 0.05) is 58.6 Å². The van der Waals surface area contributed by atoms with Crippen LogP contribution < -0.4 is 4.90 Å². The summed E-state index contributed by atoms with van der Waals surface area (Å²) in [5, 5.41) is 11.6. The molecule has 3 aromatic carbocycles. The molecule has 0 unspecified atom stereocenters. The molecule has 0 aromatic heterocycles. The van der Waals surface area contributed by atoms with E-state index in [4.69, 9.17) is 0 Å². The predicted octanol–water partition coefficient (Wildman–Crippen LogP) is 8.56. The molecule has 6 heteroatoms. The zero-order chi connectivity index (χ0) is 28.6. The first kappa shape index (κ1) is 27.5. The molecule has 3 aliphatic rings. The Hall–Kier alpha value is -3.64. The van der Waals surface area contributed by atoms with Crippen LogP contribution in [0.1, 0.15) is 57.1 Å². The van der Waals surface area contributed by atoms with Crippen LogP contribution in [-0.4, -0.2) is 34.6 Å². The Balaban J connectivity index is 1.37. The van der Waals surface area contributed by atoms with E-state index >= 15 is 0 Å². The Kier molecular flexibility index (Phi) is 7.37. The van der Waals surface area contributed by atoms with Gasteiger partial charge in [-0.15, -0.1) is 11.8 Å². The van der Waals surface area contributed by atoms with E-state index in [1.807, 2.05) is 23.9 Å². The van der Waals surface area contributed by atoms with Crippen molar-refractivity contribution in [1.29, 1.82) is 0 Å². The van der Waals surface area contributed by atoms with Crippen molar-refractivity contribution >= 4 is 34.5 Å². The van der Waals surface area contributed by atoms with E-state index in [1.165, 1.54) is 59.7 Å². The highest BCUT2D eigenvalue weighted by molar-refractivity contribution is 7.99. The number of nitro benzene ring substituents is 1. The molecule has 0 bridgehead atoms. The maximum absolute atomic E-state index is 11.6. The lowest BCUT2D eigenvalue weighted by Crippen LogP contribution is -2.32. The molecule has 2 aliphatic heterocycles. The fraction of sp³-hybridized carbons (Fsp3) is 0.343. The van der Waals surface area contributed by atoms with Crippen LogP contribution in [0.2, 0.25) is 0 Å². The highest BCUT2D eigenvalue weighted by Crippen LogP contribution is 2.54. The van der Waals surface area contributed by atoms with Gasteiger partial charge in [-0.25, -0.2) is 0 Å². The molecule has 2 heterocycles. The molecule has 41 heavy (non-hydrogen) atoms. The first-order chi connectivity index (χ1) is 19.8. The summed E-state index contributed by atoms with van der Waals surface area (Å²) in [5.74, 6) is 0.913. The predicted molar refractivity (Wildman–Crippen MR) is 170 cm³/mol. The second-order valence-electron chi connectivity index (χ2n) is 11.9. The van der Waals surface area contributed by atoms with E-state index in [1.54, 1.807) is 12.1 Å². The Morgan fingerprint density at radius 3 is 2.46 bits per heavy atom. The van der Waals surface area contributed by atoms with Gasteiger partial charge in [0.2, 0.25) is 5.69 Å². The largest absolute Gasteiger partial charge is 0.347 e. The molecule has 0 amide bonds. The number of benzene rings is 3. The van der Waals surface area contributed by atoms with Gasteiger partial charge in [-0.3, -0.25) is 10.1 Å². The minimum Gasteiger partial charge on any atom is -0.347 e. The Morgan fingerprint density at radius 1 is 0.976 bits per heavy atom. The molecule has 210 valence electrons. The molecule has 1 fully saturated rings. The first-order valence-corrected chi connectivity index (χ1v) is 15.7. The third kappa shape index (κ3) is 4.82. The summed E-state index contributed by atoms with van der Waals surface area (Å²) in [5.41, 5.74) is 7.29. The second-order valence-corrected chi connectivity index (χ2v) is 13.1. The van der Waals surface area contributed by atoms with Gasteiger partial charge in [0.15, 0.2) is 12.3 Å². The number of nitro groups is 1. The van der Waals surface area contributed by atoms with Crippen LogP contribution in [0.4, 0.5) is 17.1 Å². The average molecular weight is 565 g/mol. The van der Waals surface area contributed by atoms with Crippen LogP contribution in [0.15, 0.2) is 102 Å². The van der Waals surface area contributed by atoms with Crippen molar-refractivity contribution in [3.8, 4) is 0 Å². The van der Waals surface area contributed by atoms with E-state index in [9.17, 15) is 10.1 Å². The van der Waals surface area contributed by atoms with Crippen molar-refractivity contribution in [2.45, 2.75) is 61.7 Å². The van der Waals surface area contributed by atoms with Crippen LogP contribution in [0.5, 0.6) is 0 Å². The van der Waals surface area contributed by atoms with E-state index in [0.29, 0.717) is 0 Å². The molecule has 3 aromatic rings. The quantitative estimate of drug-likeness (QED) is 0.125. The molecule has 0 saturated heterocycles. The molecule has 0 N–H and O–H groups in total. The van der Waals surface area contributed by atoms with Gasteiger partial charge in [0.05, 0.1) is 16.1 Å². The maximum atomic E-state index is 11.6. The van der Waals surface area contributed by atoms with Crippen LogP contribution >= 0.6 is 11.8 Å². The maximum Gasteiger partial charge on any atom is 0.270 e. The summed E-state index contributed by atoms with van der Waals surface area (Å²) in [7, 11) is 2.20. The molecular weight excluding hydrogens is 526 g/mol. The smallest absolute Gasteiger partial charge is 0.270 e. The van der Waals surface area contributed by atoms with Crippen molar-refractivity contribution in [2.75, 3.05) is 24.2 Å². The molecule has 1 spiro atoms. The third-order valence-electron chi connectivity index (χ3n) is 9.26. The zero-order valence-corrected chi connectivity index (χ0v) is 25.0. The van der Waals surface area contributed by atoms with Gasteiger partial charge in [-0.2, -0.15) is 4.58 Å². The topological polar surface area (TPSA) is 49.4 Å². The second kappa shape index (κ2) is 11.0. The molecule has 5 nitrogen and oxygen atoms in total. The minimum atomic E-state index is -0.360. The number of fused-ring (bicyclic) bond motifs is 3. The number of para-hydroxylation sites is 1. The summed E-state index contributed by atoms with van der Waals surface area (Å²) < 4.78 is 2.37. The van der Waals surface area contributed by atoms with Gasteiger partial charge in [0.1, 0.15) is 0 Å². The highest BCUT2D eigenvalue weighted by Gasteiger charge is 2.47. The molecule has 6 rings (SSSR count). The number of likely N-dealkylation sites (N-methyl/N-ethyl adjacent to an activating group) is 1. The number of thioether (sulfide) groups is 1. The summed E-state index contributed by atoms with van der Waals surface area (Å²) in [6, 6.07) is 24.7. The van der Waals surface area contributed by atoms with Crippen molar-refractivity contribution in [2.24, 2.45) is 0 Å². The lowest BCUT2D eigenvalue weighted by Gasteiger charge is -2.36. The first-order valence-electron chi connectivity index (χ1n) is 14.7. The average Bonchev–Trinajstić information content (AvgIpc) is 3.34. The van der Waals surface area contributed by atoms with E-state index in [0.717, 1.165) is 23.5 Å². The van der Waals surface area contributed by atoms with Gasteiger partial charge in [-0.05, 0) is 56.5 Å². The number of hydrogen-bond donors (Lipinski definition) is 0. The number of anilines is 1. The molecule has 1 aliphatic carbocycles. The van der Waals surface area contributed by atoms with Gasteiger partial charge in [0.25, 0.3) is 5.69 Å². The van der Waals surface area contributed by atoms with Crippen LogP contribution in [0.3, 0.4) is 0 Å². The van der Waals surface area contributed by atoms with Crippen molar-refractivity contribution in [3.05, 3.63) is 118 Å². The van der Waals surface area contributed by atoms with Gasteiger partial charge >= 0.3 is 0 Å². The van der Waals surface area contributed by atoms with Gasteiger partial charge in [-0.1, -0.05) is 61.7 Å². The molecule has 0 atom stereocenters. The Labute approximate surface area is 247 Å². The summed E-state index contributed by atoms with van der Waals surface area (Å²) in [4.78, 5) is 15.0. The van der Waals surface area contributed by atoms with E-state index < -0.39 is 0 Å². The van der Waals surface area contributed by atoms with Crippen LogP contribution in [0, 0.1) is 10.1 Å². The lowest BCUT2D eigenvalue weighted by molar-refractivity contribution is -0.432. The number of rotatable bonds is 7. The lowest BCUT2D eigenvalue weighted by atomic mass is 9.68. The van der Waals surface area contributed by atoms with Gasteiger partial charge < -0.3 is 4.90 Å². The van der Waals surface area contributed by atoms with Crippen molar-refractivity contribution in [3.63, 3.8) is 0 Å². The summed E-state index contributed by atoms with van der Waals surface area (Å²) in [6.07, 6.45) is 13.0. The fourth-order valence-corrected chi connectivity index (χ4v) is 8.09. The Morgan fingerprint density at radius 2 is 1.71 bits per heavy atom. The number of nitrogens with zero attached hydrogens (tertiary/aromatic N) is 3. The molecule has 1 saturated carbocycles. The van der Waals surface area contributed by atoms with Crippen LogP contribution in [-0.2, 0) is 10.8 Å². The number of non-ortho nitro benzene ring substituents is 1. The van der Waals surface area contributed by atoms with Crippen molar-refractivity contribution in [1.82, 2.24) is 0 Å². The summed E-state index contributed by atoms with van der Waals surface area (Å²) >= 11 is 1.84. The monoisotopic (exact) mass is 564 g/mol. The van der Waals surface area contributed by atoms with E-state index in [2.05, 4.69) is 97.1 Å².